The second kappa shape index (κ2) is 7.67. The highest BCUT2D eigenvalue weighted by atomic mass is 32.1. The van der Waals surface area contributed by atoms with E-state index in [1.807, 2.05) is 0 Å². The summed E-state index contributed by atoms with van der Waals surface area (Å²) in [6, 6.07) is 1.56. The maximum absolute atomic E-state index is 12.7. The van der Waals surface area contributed by atoms with Crippen LogP contribution in [0.15, 0.2) is 12.3 Å². The number of carbonyl (C=O) groups is 3. The molecule has 0 saturated carbocycles. The van der Waals surface area contributed by atoms with Crippen LogP contribution in [0.4, 0.5) is 16.2 Å². The lowest BCUT2D eigenvalue weighted by molar-refractivity contribution is -0.122. The van der Waals surface area contributed by atoms with E-state index < -0.39 is 0 Å². The molecule has 2 aromatic rings. The fourth-order valence-corrected chi connectivity index (χ4v) is 4.24. The van der Waals surface area contributed by atoms with Gasteiger partial charge in [-0.2, -0.15) is 0 Å². The van der Waals surface area contributed by atoms with E-state index in [4.69, 9.17) is 9.90 Å². The number of likely N-dealkylation sites (tertiary alicyclic amines) is 1. The molecule has 4 heterocycles. The Kier molecular flexibility index (Phi) is 5.33. The lowest BCUT2D eigenvalue weighted by atomic mass is 10.1. The summed E-state index contributed by atoms with van der Waals surface area (Å²) in [7, 11) is 2.06. The SMILES string of the molecule is CN1CCCC(NC(=O)c2sc3nccc4c3c2NC(=O)N4)C1.O=CO. The first-order valence-electron chi connectivity index (χ1n) is 8.10. The number of urea groups is 1. The van der Waals surface area contributed by atoms with Gasteiger partial charge in [-0.05, 0) is 32.5 Å². The van der Waals surface area contributed by atoms with Crippen molar-refractivity contribution >= 4 is 51.3 Å². The molecule has 2 aromatic heterocycles. The Balaban J connectivity index is 0.000000613. The third kappa shape index (κ3) is 3.60. The van der Waals surface area contributed by atoms with Crippen LogP contribution in [0.25, 0.3) is 10.2 Å². The van der Waals surface area contributed by atoms with Gasteiger partial charge in [-0.1, -0.05) is 0 Å². The summed E-state index contributed by atoms with van der Waals surface area (Å²) >= 11 is 1.31. The van der Waals surface area contributed by atoms with E-state index in [1.54, 1.807) is 12.3 Å². The van der Waals surface area contributed by atoms with Gasteiger partial charge in [0.2, 0.25) is 0 Å². The Labute approximate surface area is 153 Å². The van der Waals surface area contributed by atoms with Crippen molar-refractivity contribution in [1.82, 2.24) is 15.2 Å². The van der Waals surface area contributed by atoms with Crippen LogP contribution in [0.2, 0.25) is 0 Å². The van der Waals surface area contributed by atoms with Crippen LogP contribution in [0, 0.1) is 0 Å². The van der Waals surface area contributed by atoms with Crippen molar-refractivity contribution in [1.29, 1.82) is 0 Å². The van der Waals surface area contributed by atoms with E-state index in [1.165, 1.54) is 11.3 Å². The van der Waals surface area contributed by atoms with E-state index in [-0.39, 0.29) is 24.5 Å². The first kappa shape index (κ1) is 18.1. The number of carboxylic acid groups (broad SMARTS) is 1. The number of rotatable bonds is 2. The van der Waals surface area contributed by atoms with Gasteiger partial charge in [-0.3, -0.25) is 9.59 Å². The summed E-state index contributed by atoms with van der Waals surface area (Å²) in [5.74, 6) is -0.142. The van der Waals surface area contributed by atoms with Crippen LogP contribution < -0.4 is 16.0 Å². The summed E-state index contributed by atoms with van der Waals surface area (Å²) < 4.78 is 0. The molecule has 1 atom stereocenters. The van der Waals surface area contributed by atoms with Crippen LogP contribution in [-0.2, 0) is 4.79 Å². The molecule has 1 unspecified atom stereocenters. The predicted octanol–water partition coefficient (Wildman–Crippen LogP) is 1.78. The number of thiophene rings is 1. The zero-order chi connectivity index (χ0) is 18.7. The van der Waals surface area contributed by atoms with E-state index >= 15 is 0 Å². The van der Waals surface area contributed by atoms with Crippen LogP contribution in [-0.4, -0.2) is 59.6 Å². The maximum Gasteiger partial charge on any atom is 0.323 e. The Morgan fingerprint density at radius 3 is 3.00 bits per heavy atom. The molecule has 1 fully saturated rings. The molecule has 0 radical (unpaired) electrons. The largest absolute Gasteiger partial charge is 0.483 e. The standard InChI is InChI=1S/C15H17N5O2S.CH2O2/c1-20-6-2-3-8(7-20)17-13(21)12-11-10-9(18-15(22)19-11)4-5-16-14(10)23-12;2-1-3/h4-5,8H,2-3,6-7H2,1H3,(H,17,21)(H2,18,19,22);1H,(H,2,3). The number of hydrogen-bond acceptors (Lipinski definition) is 6. The molecule has 2 aliphatic rings. The minimum absolute atomic E-state index is 0.142. The van der Waals surface area contributed by atoms with Gasteiger partial charge in [0.15, 0.2) is 0 Å². The predicted molar refractivity (Wildman–Crippen MR) is 98.9 cm³/mol. The van der Waals surface area contributed by atoms with Crippen molar-refractivity contribution in [2.24, 2.45) is 0 Å². The van der Waals surface area contributed by atoms with Crippen LogP contribution in [0.1, 0.15) is 22.5 Å². The minimum atomic E-state index is -0.324. The van der Waals surface area contributed by atoms with E-state index in [9.17, 15) is 9.59 Å². The molecular weight excluding hydrogens is 358 g/mol. The molecule has 26 heavy (non-hydrogen) atoms. The number of hydrogen-bond donors (Lipinski definition) is 4. The van der Waals surface area contributed by atoms with Crippen molar-refractivity contribution in [3.05, 3.63) is 17.1 Å². The zero-order valence-electron chi connectivity index (χ0n) is 14.1. The van der Waals surface area contributed by atoms with Crippen LogP contribution in [0.5, 0.6) is 0 Å². The van der Waals surface area contributed by atoms with Crippen LogP contribution in [0.3, 0.4) is 0 Å². The molecule has 4 N–H and O–H groups in total. The van der Waals surface area contributed by atoms with E-state index in [2.05, 4.69) is 32.9 Å². The molecule has 2 aliphatic heterocycles. The van der Waals surface area contributed by atoms with Gasteiger partial charge in [-0.25, -0.2) is 9.78 Å². The highest BCUT2D eigenvalue weighted by molar-refractivity contribution is 7.21. The summed E-state index contributed by atoms with van der Waals surface area (Å²) in [6.07, 6.45) is 3.70. The molecule has 0 aliphatic carbocycles. The molecule has 138 valence electrons. The Bertz CT molecular complexity index is 853. The summed E-state index contributed by atoms with van der Waals surface area (Å²) in [4.78, 5) is 40.6. The minimum Gasteiger partial charge on any atom is -0.483 e. The lowest BCUT2D eigenvalue weighted by Gasteiger charge is -2.30. The van der Waals surface area contributed by atoms with Crippen molar-refractivity contribution in [3.8, 4) is 0 Å². The van der Waals surface area contributed by atoms with Gasteiger partial charge in [0.1, 0.15) is 9.71 Å². The number of likely N-dealkylation sites (N-methyl/N-ethyl adjacent to an activating group) is 1. The van der Waals surface area contributed by atoms with Gasteiger partial charge in [0.25, 0.3) is 12.4 Å². The molecule has 0 spiro atoms. The van der Waals surface area contributed by atoms with Crippen molar-refractivity contribution in [2.45, 2.75) is 18.9 Å². The molecule has 3 amide bonds. The quantitative estimate of drug-likeness (QED) is 0.592. The third-order valence-corrected chi connectivity index (χ3v) is 5.34. The fraction of sp³-hybridized carbons (Fsp3) is 0.375. The first-order valence-corrected chi connectivity index (χ1v) is 8.92. The highest BCUT2D eigenvalue weighted by Crippen LogP contribution is 2.41. The van der Waals surface area contributed by atoms with Gasteiger partial charge in [0, 0.05) is 18.8 Å². The molecule has 4 rings (SSSR count). The van der Waals surface area contributed by atoms with Crippen molar-refractivity contribution in [2.75, 3.05) is 30.8 Å². The van der Waals surface area contributed by atoms with Crippen LogP contribution >= 0.6 is 11.3 Å². The Hall–Kier alpha value is -2.72. The van der Waals surface area contributed by atoms with E-state index in [0.29, 0.717) is 16.3 Å². The average Bonchev–Trinajstić information content (AvgIpc) is 2.96. The summed E-state index contributed by atoms with van der Waals surface area (Å²) in [5.41, 5.74) is 1.26. The van der Waals surface area contributed by atoms with Gasteiger partial charge in [0.05, 0.1) is 16.8 Å². The molecule has 10 heteroatoms. The number of nitrogens with one attached hydrogen (secondary N) is 3. The first-order chi connectivity index (χ1) is 12.5. The maximum atomic E-state index is 12.7. The number of pyridine rings is 1. The lowest BCUT2D eigenvalue weighted by Crippen LogP contribution is -2.46. The van der Waals surface area contributed by atoms with Crippen molar-refractivity contribution in [3.63, 3.8) is 0 Å². The number of aromatic nitrogens is 1. The van der Waals surface area contributed by atoms with Gasteiger partial charge in [-0.15, -0.1) is 11.3 Å². The Morgan fingerprint density at radius 1 is 1.50 bits per heavy atom. The average molecular weight is 377 g/mol. The molecule has 0 bridgehead atoms. The summed E-state index contributed by atoms with van der Waals surface area (Å²) in [6.45, 7) is 1.67. The zero-order valence-corrected chi connectivity index (χ0v) is 14.9. The van der Waals surface area contributed by atoms with Gasteiger partial charge >= 0.3 is 6.03 Å². The molecule has 0 aromatic carbocycles. The number of nitrogens with zero attached hydrogens (tertiary/aromatic N) is 2. The molecule has 9 nitrogen and oxygen atoms in total. The normalized spacial score (nSPS) is 19.0. The number of carbonyl (C=O) groups excluding carboxylic acids is 2. The second-order valence-corrected chi connectivity index (χ2v) is 7.10. The number of piperidine rings is 1. The molecular formula is C16H19N5O4S. The Morgan fingerprint density at radius 2 is 2.27 bits per heavy atom. The topological polar surface area (TPSA) is 124 Å². The third-order valence-electron chi connectivity index (χ3n) is 4.24. The number of amides is 3. The highest BCUT2D eigenvalue weighted by Gasteiger charge is 2.28. The summed E-state index contributed by atoms with van der Waals surface area (Å²) in [5, 5.41) is 16.3. The smallest absolute Gasteiger partial charge is 0.323 e. The number of anilines is 2. The van der Waals surface area contributed by atoms with E-state index in [0.717, 1.165) is 36.1 Å². The van der Waals surface area contributed by atoms with Crippen molar-refractivity contribution < 1.29 is 19.5 Å². The monoisotopic (exact) mass is 377 g/mol. The molecule has 1 saturated heterocycles. The fourth-order valence-electron chi connectivity index (χ4n) is 3.21. The second-order valence-electron chi connectivity index (χ2n) is 6.10. The van der Waals surface area contributed by atoms with Gasteiger partial charge < -0.3 is 26.0 Å².